The average molecular weight is 248 g/mol. The van der Waals surface area contributed by atoms with Crippen molar-refractivity contribution in [3.63, 3.8) is 0 Å². The Morgan fingerprint density at radius 3 is 2.61 bits per heavy atom. The van der Waals surface area contributed by atoms with Crippen LogP contribution in [0.4, 0.5) is 5.69 Å². The smallest absolute Gasteiger partial charge is 0.261 e. The van der Waals surface area contributed by atoms with E-state index in [1.54, 1.807) is 25.3 Å². The van der Waals surface area contributed by atoms with Gasteiger partial charge in [-0.2, -0.15) is 0 Å². The second kappa shape index (κ2) is 4.78. The lowest BCUT2D eigenvalue weighted by atomic mass is 10.1. The number of amides is 2. The lowest BCUT2D eigenvalue weighted by Crippen LogP contribution is -2.35. The van der Waals surface area contributed by atoms with Crippen molar-refractivity contribution in [3.8, 4) is 0 Å². The monoisotopic (exact) mass is 248 g/mol. The van der Waals surface area contributed by atoms with Gasteiger partial charge >= 0.3 is 0 Å². The zero-order valence-corrected chi connectivity index (χ0v) is 10.5. The molecule has 0 spiro atoms. The Morgan fingerprint density at radius 2 is 1.94 bits per heavy atom. The number of benzene rings is 1. The fourth-order valence-corrected chi connectivity index (χ4v) is 2.12. The van der Waals surface area contributed by atoms with Gasteiger partial charge in [-0.05, 0) is 24.1 Å². The van der Waals surface area contributed by atoms with Gasteiger partial charge in [0.1, 0.15) is 0 Å². The molecule has 0 aliphatic carbocycles. The maximum atomic E-state index is 12.1. The summed E-state index contributed by atoms with van der Waals surface area (Å²) in [7, 11) is 1.60. The van der Waals surface area contributed by atoms with E-state index in [0.29, 0.717) is 30.0 Å². The Kier molecular flexibility index (Phi) is 3.34. The number of carbonyl (C=O) groups is 2. The number of methoxy groups -OCH3 is 1. The summed E-state index contributed by atoms with van der Waals surface area (Å²) in [5.74, 6) is -0.419. The fraction of sp³-hybridized carbons (Fsp3) is 0.385. The molecular formula is C13H16N2O3. The number of hydrogen-bond donors (Lipinski definition) is 1. The molecule has 0 radical (unpaired) electrons. The normalized spacial score (nSPS) is 16.0. The SMILES string of the molecule is COCC(C)CN1C(=O)c2ccc(N)cc2C1=O. The molecule has 1 aliphatic rings. The van der Waals surface area contributed by atoms with Gasteiger partial charge in [0, 0.05) is 19.3 Å². The number of nitrogen functional groups attached to an aromatic ring is 1. The Bertz CT molecular complexity index is 499. The highest BCUT2D eigenvalue weighted by Gasteiger charge is 2.35. The van der Waals surface area contributed by atoms with Crippen molar-refractivity contribution in [2.24, 2.45) is 5.92 Å². The van der Waals surface area contributed by atoms with Crippen LogP contribution in [0.3, 0.4) is 0 Å². The van der Waals surface area contributed by atoms with Crippen LogP contribution < -0.4 is 5.73 Å². The van der Waals surface area contributed by atoms with E-state index in [-0.39, 0.29) is 17.7 Å². The number of imide groups is 1. The van der Waals surface area contributed by atoms with Crippen LogP contribution in [0.1, 0.15) is 27.6 Å². The average Bonchev–Trinajstić information content (AvgIpc) is 2.55. The van der Waals surface area contributed by atoms with Gasteiger partial charge in [0.25, 0.3) is 11.8 Å². The third kappa shape index (κ3) is 2.09. The summed E-state index contributed by atoms with van der Waals surface area (Å²) in [6, 6.07) is 4.79. The largest absolute Gasteiger partial charge is 0.399 e. The molecule has 5 nitrogen and oxygen atoms in total. The van der Waals surface area contributed by atoms with E-state index in [9.17, 15) is 9.59 Å². The Morgan fingerprint density at radius 1 is 1.28 bits per heavy atom. The summed E-state index contributed by atoms with van der Waals surface area (Å²) in [5.41, 5.74) is 6.94. The number of rotatable bonds is 4. The molecule has 96 valence electrons. The molecule has 18 heavy (non-hydrogen) atoms. The molecule has 0 saturated heterocycles. The van der Waals surface area contributed by atoms with Gasteiger partial charge in [0.15, 0.2) is 0 Å². The first-order valence-corrected chi connectivity index (χ1v) is 5.79. The molecule has 1 atom stereocenters. The van der Waals surface area contributed by atoms with E-state index in [4.69, 9.17) is 10.5 Å². The molecule has 0 saturated carbocycles. The molecular weight excluding hydrogens is 232 g/mol. The van der Waals surface area contributed by atoms with Crippen LogP contribution in [-0.2, 0) is 4.74 Å². The highest BCUT2D eigenvalue weighted by Crippen LogP contribution is 2.25. The summed E-state index contributed by atoms with van der Waals surface area (Å²) < 4.78 is 5.01. The van der Waals surface area contributed by atoms with Crippen molar-refractivity contribution in [2.45, 2.75) is 6.92 Å². The molecule has 1 aromatic rings. The van der Waals surface area contributed by atoms with Crippen molar-refractivity contribution >= 4 is 17.5 Å². The molecule has 0 aromatic heterocycles. The van der Waals surface area contributed by atoms with Crippen molar-refractivity contribution in [3.05, 3.63) is 29.3 Å². The van der Waals surface area contributed by atoms with Gasteiger partial charge in [0.2, 0.25) is 0 Å². The summed E-state index contributed by atoms with van der Waals surface area (Å²) in [4.78, 5) is 25.4. The van der Waals surface area contributed by atoms with E-state index in [1.807, 2.05) is 6.92 Å². The van der Waals surface area contributed by atoms with Gasteiger partial charge in [0.05, 0.1) is 17.7 Å². The van der Waals surface area contributed by atoms with Gasteiger partial charge in [-0.25, -0.2) is 0 Å². The summed E-state index contributed by atoms with van der Waals surface area (Å²) in [6.07, 6.45) is 0. The van der Waals surface area contributed by atoms with Crippen LogP contribution in [0, 0.1) is 5.92 Å². The minimum absolute atomic E-state index is 0.106. The third-order valence-electron chi connectivity index (χ3n) is 2.94. The quantitative estimate of drug-likeness (QED) is 0.640. The standard InChI is InChI=1S/C13H16N2O3/c1-8(7-18-2)6-15-12(16)10-4-3-9(14)5-11(10)13(15)17/h3-5,8H,6-7,14H2,1-2H3. The van der Waals surface area contributed by atoms with Crippen LogP contribution in [0.15, 0.2) is 18.2 Å². The first kappa shape index (κ1) is 12.6. The van der Waals surface area contributed by atoms with E-state index < -0.39 is 0 Å². The first-order chi connectivity index (χ1) is 8.54. The van der Waals surface area contributed by atoms with Crippen molar-refractivity contribution in [2.75, 3.05) is 26.0 Å². The van der Waals surface area contributed by atoms with Gasteiger partial charge in [-0.3, -0.25) is 14.5 Å². The summed E-state index contributed by atoms with van der Waals surface area (Å²) in [6.45, 7) is 2.80. The Hall–Kier alpha value is -1.88. The topological polar surface area (TPSA) is 72.6 Å². The van der Waals surface area contributed by atoms with Gasteiger partial charge < -0.3 is 10.5 Å². The van der Waals surface area contributed by atoms with Gasteiger partial charge in [-0.1, -0.05) is 6.92 Å². The Labute approximate surface area is 106 Å². The molecule has 1 aliphatic heterocycles. The van der Waals surface area contributed by atoms with Crippen LogP contribution >= 0.6 is 0 Å². The molecule has 1 unspecified atom stereocenters. The van der Waals surface area contributed by atoms with Crippen LogP contribution in [0.5, 0.6) is 0 Å². The predicted molar refractivity (Wildman–Crippen MR) is 67.3 cm³/mol. The number of ether oxygens (including phenoxy) is 1. The highest BCUT2D eigenvalue weighted by molar-refractivity contribution is 6.21. The maximum Gasteiger partial charge on any atom is 0.261 e. The minimum atomic E-state index is -0.273. The third-order valence-corrected chi connectivity index (χ3v) is 2.94. The lowest BCUT2D eigenvalue weighted by molar-refractivity contribution is 0.0597. The maximum absolute atomic E-state index is 12.1. The van der Waals surface area contributed by atoms with Crippen molar-refractivity contribution < 1.29 is 14.3 Å². The van der Waals surface area contributed by atoms with E-state index in [0.717, 1.165) is 0 Å². The number of hydrogen-bond acceptors (Lipinski definition) is 4. The number of nitrogens with two attached hydrogens (primary N) is 1. The summed E-state index contributed by atoms with van der Waals surface area (Å²) in [5, 5.41) is 0. The number of fused-ring (bicyclic) bond motifs is 1. The first-order valence-electron chi connectivity index (χ1n) is 5.79. The molecule has 0 fully saturated rings. The molecule has 5 heteroatoms. The fourth-order valence-electron chi connectivity index (χ4n) is 2.12. The number of nitrogens with zero attached hydrogens (tertiary/aromatic N) is 1. The molecule has 0 bridgehead atoms. The van der Waals surface area contributed by atoms with E-state index >= 15 is 0 Å². The number of carbonyl (C=O) groups excluding carboxylic acids is 2. The van der Waals surface area contributed by atoms with Crippen LogP contribution in [0.25, 0.3) is 0 Å². The molecule has 2 rings (SSSR count). The zero-order valence-electron chi connectivity index (χ0n) is 10.5. The highest BCUT2D eigenvalue weighted by atomic mass is 16.5. The Balaban J connectivity index is 2.23. The lowest BCUT2D eigenvalue weighted by Gasteiger charge is -2.18. The zero-order chi connectivity index (χ0) is 13.3. The van der Waals surface area contributed by atoms with Crippen LogP contribution in [0.2, 0.25) is 0 Å². The van der Waals surface area contributed by atoms with Crippen molar-refractivity contribution in [1.29, 1.82) is 0 Å². The van der Waals surface area contributed by atoms with Gasteiger partial charge in [-0.15, -0.1) is 0 Å². The molecule has 2 N–H and O–H groups in total. The molecule has 2 amide bonds. The van der Waals surface area contributed by atoms with E-state index in [2.05, 4.69) is 0 Å². The van der Waals surface area contributed by atoms with E-state index in [1.165, 1.54) is 4.90 Å². The summed E-state index contributed by atoms with van der Waals surface area (Å²) >= 11 is 0. The second-order valence-corrected chi connectivity index (χ2v) is 4.59. The molecule has 1 heterocycles. The molecule has 1 aromatic carbocycles. The van der Waals surface area contributed by atoms with Crippen LogP contribution in [-0.4, -0.2) is 37.0 Å². The minimum Gasteiger partial charge on any atom is -0.399 e. The van der Waals surface area contributed by atoms with Crippen molar-refractivity contribution in [1.82, 2.24) is 4.90 Å². The number of anilines is 1. The predicted octanol–water partition coefficient (Wildman–Crippen LogP) is 1.15. The second-order valence-electron chi connectivity index (χ2n) is 4.59.